The zero-order valence-corrected chi connectivity index (χ0v) is 7.51. The Balaban J connectivity index is 2.62. The van der Waals surface area contributed by atoms with E-state index in [9.17, 15) is 4.39 Å². The number of pyridine rings is 1. The smallest absolute Gasteiger partial charge is 0.250 e. The molecular formula is C9H7ClFNO. The second-order valence-corrected chi connectivity index (χ2v) is 2.68. The molecule has 0 N–H and O–H groups in total. The molecule has 2 nitrogen and oxygen atoms in total. The summed E-state index contributed by atoms with van der Waals surface area (Å²) in [5.41, 5.74) is 0. The summed E-state index contributed by atoms with van der Waals surface area (Å²) in [4.78, 5) is 3.65. The maximum Gasteiger partial charge on any atom is 0.250 e. The molecule has 0 aromatic carbocycles. The van der Waals surface area contributed by atoms with E-state index >= 15 is 0 Å². The lowest BCUT2D eigenvalue weighted by atomic mass is 10.4. The van der Waals surface area contributed by atoms with E-state index in [0.29, 0.717) is 6.42 Å². The Labute approximate surface area is 80.7 Å². The number of terminal acetylenes is 1. The van der Waals surface area contributed by atoms with Crippen molar-refractivity contribution in [3.63, 3.8) is 0 Å². The molecule has 0 fully saturated rings. The van der Waals surface area contributed by atoms with Gasteiger partial charge in [-0.3, -0.25) is 0 Å². The van der Waals surface area contributed by atoms with Gasteiger partial charge >= 0.3 is 0 Å². The highest BCUT2D eigenvalue weighted by Gasteiger charge is 2.04. The van der Waals surface area contributed by atoms with Crippen LogP contribution in [0.5, 0.6) is 5.88 Å². The van der Waals surface area contributed by atoms with Crippen LogP contribution >= 0.6 is 11.6 Å². The minimum atomic E-state index is -0.579. The lowest BCUT2D eigenvalue weighted by Crippen LogP contribution is -1.99. The summed E-state index contributed by atoms with van der Waals surface area (Å²) in [6.45, 7) is 0.252. The van der Waals surface area contributed by atoms with Crippen LogP contribution < -0.4 is 4.74 Å². The maximum atomic E-state index is 13.0. The average Bonchev–Trinajstić information content (AvgIpc) is 2.09. The quantitative estimate of drug-likeness (QED) is 0.551. The molecule has 0 radical (unpaired) electrons. The van der Waals surface area contributed by atoms with Crippen molar-refractivity contribution in [2.45, 2.75) is 6.42 Å². The Morgan fingerprint density at radius 3 is 3.08 bits per heavy atom. The average molecular weight is 200 g/mol. The molecule has 68 valence electrons. The molecular weight excluding hydrogens is 193 g/mol. The maximum absolute atomic E-state index is 13.0. The van der Waals surface area contributed by atoms with E-state index in [4.69, 9.17) is 22.8 Å². The highest BCUT2D eigenvalue weighted by Crippen LogP contribution is 2.17. The predicted octanol–water partition coefficient (Wildman–Crippen LogP) is 2.28. The number of hydrogen-bond acceptors (Lipinski definition) is 2. The molecule has 13 heavy (non-hydrogen) atoms. The van der Waals surface area contributed by atoms with Crippen LogP contribution in [-0.2, 0) is 0 Å². The number of rotatable bonds is 3. The van der Waals surface area contributed by atoms with Crippen LogP contribution in [0.1, 0.15) is 6.42 Å². The Morgan fingerprint density at radius 2 is 2.46 bits per heavy atom. The van der Waals surface area contributed by atoms with Gasteiger partial charge in [0.1, 0.15) is 6.61 Å². The third kappa shape index (κ3) is 2.92. The second-order valence-electron chi connectivity index (χ2n) is 2.24. The first-order valence-corrected chi connectivity index (χ1v) is 3.99. The van der Waals surface area contributed by atoms with Crippen LogP contribution in [0.4, 0.5) is 4.39 Å². The summed E-state index contributed by atoms with van der Waals surface area (Å²) in [6, 6.07) is 1.14. The summed E-state index contributed by atoms with van der Waals surface area (Å²) >= 11 is 5.49. The minimum Gasteiger partial charge on any atom is -0.475 e. The normalized spacial score (nSPS) is 9.31. The zero-order chi connectivity index (χ0) is 9.68. The van der Waals surface area contributed by atoms with E-state index in [1.807, 2.05) is 0 Å². The summed E-state index contributed by atoms with van der Waals surface area (Å²) in [7, 11) is 0. The molecule has 0 aliphatic rings. The van der Waals surface area contributed by atoms with E-state index in [-0.39, 0.29) is 17.5 Å². The molecule has 0 bridgehead atoms. The van der Waals surface area contributed by atoms with Crippen molar-refractivity contribution in [3.05, 3.63) is 23.1 Å². The summed E-state index contributed by atoms with van der Waals surface area (Å²) in [5.74, 6) is 1.72. The summed E-state index contributed by atoms with van der Waals surface area (Å²) < 4.78 is 17.9. The van der Waals surface area contributed by atoms with Crippen LogP contribution in [0.2, 0.25) is 5.02 Å². The first-order valence-electron chi connectivity index (χ1n) is 3.61. The largest absolute Gasteiger partial charge is 0.475 e. The van der Waals surface area contributed by atoms with Gasteiger partial charge in [0.05, 0.1) is 5.02 Å². The molecule has 4 heteroatoms. The van der Waals surface area contributed by atoms with Crippen LogP contribution in [0.25, 0.3) is 0 Å². The topological polar surface area (TPSA) is 22.1 Å². The summed E-state index contributed by atoms with van der Waals surface area (Å²) in [5, 5.41) is 0.238. The molecule has 0 saturated carbocycles. The second kappa shape index (κ2) is 4.68. The monoisotopic (exact) mass is 199 g/mol. The van der Waals surface area contributed by atoms with E-state index in [2.05, 4.69) is 10.9 Å². The molecule has 0 atom stereocenters. The van der Waals surface area contributed by atoms with Crippen LogP contribution in [0, 0.1) is 18.2 Å². The molecule has 1 heterocycles. The van der Waals surface area contributed by atoms with Crippen LogP contribution in [0.15, 0.2) is 12.3 Å². The van der Waals surface area contributed by atoms with Gasteiger partial charge in [-0.25, -0.2) is 9.37 Å². The molecule has 0 unspecified atom stereocenters. The van der Waals surface area contributed by atoms with Gasteiger partial charge in [0.25, 0.3) is 0 Å². The molecule has 0 aliphatic heterocycles. The lowest BCUT2D eigenvalue weighted by Gasteiger charge is -2.03. The van der Waals surface area contributed by atoms with Crippen molar-refractivity contribution in [2.75, 3.05) is 6.61 Å². The number of hydrogen-bond donors (Lipinski definition) is 0. The van der Waals surface area contributed by atoms with E-state index in [0.717, 1.165) is 6.07 Å². The van der Waals surface area contributed by atoms with E-state index < -0.39 is 5.82 Å². The van der Waals surface area contributed by atoms with Gasteiger partial charge in [0.15, 0.2) is 5.82 Å². The van der Waals surface area contributed by atoms with Crippen LogP contribution in [0.3, 0.4) is 0 Å². The molecule has 0 saturated heterocycles. The predicted molar refractivity (Wildman–Crippen MR) is 48.2 cm³/mol. The van der Waals surface area contributed by atoms with Crippen LogP contribution in [-0.4, -0.2) is 11.6 Å². The van der Waals surface area contributed by atoms with Gasteiger partial charge in [0, 0.05) is 12.6 Å². The van der Waals surface area contributed by atoms with E-state index in [1.54, 1.807) is 0 Å². The fourth-order valence-corrected chi connectivity index (χ4v) is 0.859. The fourth-order valence-electron chi connectivity index (χ4n) is 0.715. The number of ether oxygens (including phenoxy) is 1. The Morgan fingerprint density at radius 1 is 1.69 bits per heavy atom. The highest BCUT2D eigenvalue weighted by molar-refractivity contribution is 6.30. The van der Waals surface area contributed by atoms with Crippen molar-refractivity contribution in [1.29, 1.82) is 0 Å². The Kier molecular flexibility index (Phi) is 3.53. The third-order valence-corrected chi connectivity index (χ3v) is 1.47. The molecule has 0 spiro atoms. The van der Waals surface area contributed by atoms with Gasteiger partial charge in [0.2, 0.25) is 5.88 Å². The zero-order valence-electron chi connectivity index (χ0n) is 6.76. The molecule has 0 amide bonds. The fraction of sp³-hybridized carbons (Fsp3) is 0.222. The van der Waals surface area contributed by atoms with Crippen molar-refractivity contribution in [3.8, 4) is 18.2 Å². The number of halogens is 2. The lowest BCUT2D eigenvalue weighted by molar-refractivity contribution is 0.296. The van der Waals surface area contributed by atoms with Gasteiger partial charge in [-0.05, 0) is 6.07 Å². The number of aromatic nitrogens is 1. The minimum absolute atomic E-state index is 0.0698. The van der Waals surface area contributed by atoms with Crippen molar-refractivity contribution in [1.82, 2.24) is 4.98 Å². The Hall–Kier alpha value is -1.27. The molecule has 1 aromatic heterocycles. The van der Waals surface area contributed by atoms with Crippen molar-refractivity contribution < 1.29 is 9.13 Å². The first kappa shape index (κ1) is 9.82. The summed E-state index contributed by atoms with van der Waals surface area (Å²) in [6.07, 6.45) is 6.73. The van der Waals surface area contributed by atoms with Gasteiger partial charge in [-0.15, -0.1) is 12.3 Å². The third-order valence-electron chi connectivity index (χ3n) is 1.26. The molecule has 1 aromatic rings. The number of nitrogens with zero attached hydrogens (tertiary/aromatic N) is 1. The Bertz CT molecular complexity index is 335. The highest BCUT2D eigenvalue weighted by atomic mass is 35.5. The van der Waals surface area contributed by atoms with Crippen molar-refractivity contribution >= 4 is 11.6 Å². The van der Waals surface area contributed by atoms with Gasteiger partial charge in [-0.2, -0.15) is 0 Å². The van der Waals surface area contributed by atoms with Gasteiger partial charge < -0.3 is 4.74 Å². The molecule has 1 rings (SSSR count). The van der Waals surface area contributed by atoms with Gasteiger partial charge in [-0.1, -0.05) is 11.6 Å². The van der Waals surface area contributed by atoms with E-state index in [1.165, 1.54) is 6.20 Å². The first-order chi connectivity index (χ1) is 6.24. The SMILES string of the molecule is C#CCCOc1ncc(Cl)cc1F. The standard InChI is InChI=1S/C9H7ClFNO/c1-2-3-4-13-9-8(11)5-7(10)6-12-9/h1,5-6H,3-4H2. The van der Waals surface area contributed by atoms with Crippen molar-refractivity contribution in [2.24, 2.45) is 0 Å². The molecule has 0 aliphatic carbocycles.